The number of nitrogens with one attached hydrogen (secondary N) is 1. The van der Waals surface area contributed by atoms with E-state index in [0.717, 1.165) is 85.1 Å². The molecule has 28 heteroatoms. The number of aryl methyl sites for hydroxylation is 5. The second-order valence-corrected chi connectivity index (χ2v) is 25.9. The average Bonchev–Trinajstić information content (AvgIpc) is 4.28. The molecule has 0 spiro atoms. The van der Waals surface area contributed by atoms with E-state index < -0.39 is 8.07 Å². The fourth-order valence-electron chi connectivity index (χ4n) is 7.97. The number of halogens is 5. The molecule has 0 bridgehead atoms. The molecule has 12 aromatic heterocycles. The maximum absolute atomic E-state index is 9.29. The molecule has 12 rings (SSSR count). The highest BCUT2D eigenvalue weighted by atomic mass is 35.5. The smallest absolute Gasteiger partial charge is 0.224 e. The first-order valence-electron chi connectivity index (χ1n) is 23.2. The van der Waals surface area contributed by atoms with Crippen LogP contribution >= 0.6 is 58.0 Å². The first-order valence-corrected chi connectivity index (χ1v) is 28.8. The number of ether oxygens (including phenoxy) is 1. The molecule has 22 nitrogen and oxygen atoms in total. The normalized spacial score (nSPS) is 11.1. The number of H-pyrrole nitrogens is 1. The number of aliphatic hydroxyl groups is 1. The van der Waals surface area contributed by atoms with Crippen molar-refractivity contribution < 1.29 is 9.84 Å². The summed E-state index contributed by atoms with van der Waals surface area (Å²) >= 11 is 30.1. The van der Waals surface area contributed by atoms with Gasteiger partial charge in [-0.25, -0.2) is 19.9 Å². The molecule has 416 valence electrons. The van der Waals surface area contributed by atoms with Gasteiger partial charge in [-0.1, -0.05) is 53.5 Å². The summed E-state index contributed by atoms with van der Waals surface area (Å²) in [5.41, 5.74) is 9.40. The van der Waals surface area contributed by atoms with Crippen molar-refractivity contribution >= 4 is 110 Å². The van der Waals surface area contributed by atoms with Gasteiger partial charge in [0.2, 0.25) is 21.1 Å². The summed E-state index contributed by atoms with van der Waals surface area (Å²) in [4.78, 5) is 36.9. The van der Waals surface area contributed by atoms with E-state index in [4.69, 9.17) is 62.7 Å². The number of nitrogens with zero attached hydrogens (tertiary/aromatic N) is 19. The number of rotatable bonds is 10. The van der Waals surface area contributed by atoms with Gasteiger partial charge >= 0.3 is 0 Å². The van der Waals surface area contributed by atoms with Crippen molar-refractivity contribution in [3.63, 3.8) is 0 Å². The van der Waals surface area contributed by atoms with Gasteiger partial charge < -0.3 is 28.5 Å². The van der Waals surface area contributed by atoms with E-state index >= 15 is 0 Å². The van der Waals surface area contributed by atoms with Crippen molar-refractivity contribution in [2.45, 2.75) is 61.4 Å². The zero-order valence-electron chi connectivity index (χ0n) is 42.2. The Morgan fingerprint density at radius 3 is 1.46 bits per heavy atom. The second-order valence-electron chi connectivity index (χ2n) is 18.5. The lowest BCUT2D eigenvalue weighted by Crippen LogP contribution is -2.22. The van der Waals surface area contributed by atoms with Crippen LogP contribution in [0, 0.1) is 0 Å². The van der Waals surface area contributed by atoms with Crippen LogP contribution in [0.3, 0.4) is 0 Å². The summed E-state index contributed by atoms with van der Waals surface area (Å²) in [6, 6.07) is 7.04. The number of hydrogen-bond acceptors (Lipinski definition) is 14. The number of aliphatic hydroxyl groups excluding tert-OH is 1. The Kier molecular flexibility index (Phi) is 20.0. The molecule has 0 amide bonds. The standard InChI is InChI=1S/C16H22ClN5OSi.C11H9Cl2N5O.C11H10ClN5.C10H8ClN5.3CH4/c1-21-10-12(9-18-21)14-13-5-6-22(15(13)20-16(17)19-14)11-23-7-8-24(2,3)4;1-17-3-6(2-14-17)9-8-7(12)4-18(5-19)10(8)16-11(13)15-9;1-16-4-3-8-9(7-5-13-17(2)6-7)14-11(12)15-10(8)16;1-16-5-6(4-13-16)8-7-2-3-12-9(7)15-10(11)14-8;;;/h5-6,9-10H,7-8,11H2,1-4H3;2-4,19H,5H2,1H3;3-6H,1-2H3;2-5H,1H3,(H,12,14,15);3*1H4. The third-order valence-electron chi connectivity index (χ3n) is 11.6. The fraction of sp³-hybridized carbons (Fsp3) is 0.294. The Morgan fingerprint density at radius 2 is 0.962 bits per heavy atom. The second kappa shape index (κ2) is 25.8. The lowest BCUT2D eigenvalue weighted by molar-refractivity contribution is 0.0899. The molecule has 0 fully saturated rings. The molecule has 0 unspecified atom stereocenters. The molecule has 0 atom stereocenters. The average molecular weight is 1190 g/mol. The van der Waals surface area contributed by atoms with Crippen molar-refractivity contribution in [2.75, 3.05) is 6.61 Å². The van der Waals surface area contributed by atoms with Crippen molar-refractivity contribution in [3.8, 4) is 45.0 Å². The maximum Gasteiger partial charge on any atom is 0.224 e. The Bertz CT molecular complexity index is 3990. The van der Waals surface area contributed by atoms with Gasteiger partial charge in [0.25, 0.3) is 0 Å². The first-order chi connectivity index (χ1) is 36.3. The van der Waals surface area contributed by atoms with Crippen LogP contribution in [0.4, 0.5) is 0 Å². The van der Waals surface area contributed by atoms with Crippen LogP contribution in [-0.4, -0.2) is 117 Å². The van der Waals surface area contributed by atoms with E-state index in [2.05, 4.69) is 84.9 Å². The maximum atomic E-state index is 9.29. The van der Waals surface area contributed by atoms with Crippen molar-refractivity contribution in [1.82, 2.24) is 97.7 Å². The molecule has 79 heavy (non-hydrogen) atoms. The van der Waals surface area contributed by atoms with E-state index in [0.29, 0.717) is 28.5 Å². The zero-order valence-corrected chi connectivity index (χ0v) is 47.0. The van der Waals surface area contributed by atoms with Gasteiger partial charge in [0.1, 0.15) is 36.1 Å². The molecule has 0 aromatic carbocycles. The minimum Gasteiger partial charge on any atom is -0.376 e. The summed E-state index contributed by atoms with van der Waals surface area (Å²) in [5.74, 6) is 0. The number of hydrogen-bond donors (Lipinski definition) is 2. The summed E-state index contributed by atoms with van der Waals surface area (Å²) in [6.07, 6.45) is 21.8. The third kappa shape index (κ3) is 14.0. The molecule has 2 N–H and O–H groups in total. The minimum absolute atomic E-state index is 0. The molecule has 0 saturated carbocycles. The topological polar surface area (TPSA) is 234 Å². The van der Waals surface area contributed by atoms with Gasteiger partial charge in [-0.3, -0.25) is 18.7 Å². The van der Waals surface area contributed by atoms with Gasteiger partial charge in [-0.15, -0.1) is 0 Å². The largest absolute Gasteiger partial charge is 0.376 e. The van der Waals surface area contributed by atoms with E-state index in [1.165, 1.54) is 4.57 Å². The Hall–Kier alpha value is -7.09. The van der Waals surface area contributed by atoms with Crippen LogP contribution in [0.5, 0.6) is 0 Å². The molecular weight excluding hydrogens is 1130 g/mol. The van der Waals surface area contributed by atoms with Gasteiger partial charge in [0, 0.05) is 138 Å². The first kappa shape index (κ1) is 61.1. The number of aromatic amines is 1. The quantitative estimate of drug-likeness (QED) is 0.0736. The highest BCUT2D eigenvalue weighted by Crippen LogP contribution is 2.34. The van der Waals surface area contributed by atoms with Gasteiger partial charge in [0.05, 0.1) is 58.0 Å². The molecule has 12 aromatic rings. The molecule has 0 saturated heterocycles. The van der Waals surface area contributed by atoms with Gasteiger partial charge in [-0.2, -0.15) is 40.3 Å². The van der Waals surface area contributed by atoms with E-state index in [1.807, 2.05) is 106 Å². The van der Waals surface area contributed by atoms with Gasteiger partial charge in [0.15, 0.2) is 0 Å². The molecule has 0 aliphatic heterocycles. The van der Waals surface area contributed by atoms with Crippen molar-refractivity contribution in [2.24, 2.45) is 35.2 Å². The predicted octanol–water partition coefficient (Wildman–Crippen LogP) is 11.8. The molecule has 0 aliphatic rings. The predicted molar refractivity (Wildman–Crippen MR) is 318 cm³/mol. The highest BCUT2D eigenvalue weighted by Gasteiger charge is 2.19. The number of aromatic nitrogens is 20. The lowest BCUT2D eigenvalue weighted by Gasteiger charge is -2.15. The monoisotopic (exact) mass is 1190 g/mol. The van der Waals surface area contributed by atoms with Crippen LogP contribution in [0.2, 0.25) is 51.8 Å². The Morgan fingerprint density at radius 1 is 0.519 bits per heavy atom. The summed E-state index contributed by atoms with van der Waals surface area (Å²) in [5, 5.41) is 30.6. The SMILES string of the molecule is C.C.C.Cn1cc(-c2nc(Cl)nc3[nH]ccc23)cn1.Cn1cc(-c2nc(Cl)nc3c2c(Cl)cn3CO)cn1.Cn1cc(-c2nc(Cl)nc3c2ccn3C)cn1.Cn1cc(-c2nc(Cl)nc3c2ccn3COCC[Si](C)(C)C)cn1. The molecule has 12 heterocycles. The van der Waals surface area contributed by atoms with E-state index in [9.17, 15) is 5.11 Å². The van der Waals surface area contributed by atoms with Crippen molar-refractivity contribution in [3.05, 3.63) is 119 Å². The zero-order chi connectivity index (χ0) is 54.0. The van der Waals surface area contributed by atoms with Crippen LogP contribution < -0.4 is 0 Å². The highest BCUT2D eigenvalue weighted by molar-refractivity contribution is 6.76. The van der Waals surface area contributed by atoms with E-state index in [-0.39, 0.29) is 50.1 Å². The van der Waals surface area contributed by atoms with Crippen LogP contribution in [0.25, 0.3) is 89.2 Å². The Balaban J connectivity index is 0.000000170. The van der Waals surface area contributed by atoms with Crippen LogP contribution in [0.1, 0.15) is 22.3 Å². The molecular formula is C51H61Cl5N20O2Si. The van der Waals surface area contributed by atoms with Crippen LogP contribution in [-0.2, 0) is 53.4 Å². The molecule has 0 radical (unpaired) electrons. The number of fused-ring (bicyclic) bond motifs is 4. The fourth-order valence-corrected chi connectivity index (χ4v) is 9.68. The third-order valence-corrected chi connectivity index (χ3v) is 14.3. The minimum atomic E-state index is -1.08. The summed E-state index contributed by atoms with van der Waals surface area (Å²) in [7, 11) is 8.26. The molecule has 0 aliphatic carbocycles. The van der Waals surface area contributed by atoms with Gasteiger partial charge in [-0.05, 0) is 70.6 Å². The lowest BCUT2D eigenvalue weighted by atomic mass is 10.2. The van der Waals surface area contributed by atoms with Crippen LogP contribution in [0.15, 0.2) is 92.6 Å². The summed E-state index contributed by atoms with van der Waals surface area (Å²) in [6.45, 7) is 8.03. The van der Waals surface area contributed by atoms with E-state index in [1.54, 1.807) is 49.7 Å². The Labute approximate surface area is 482 Å². The van der Waals surface area contributed by atoms with Crippen molar-refractivity contribution in [1.29, 1.82) is 0 Å². The summed E-state index contributed by atoms with van der Waals surface area (Å²) < 4.78 is 18.1.